The SMILES string of the molecule is Oc1ccc2c(c1)COc1c-2cc2ccc(O)cc2c1-c1ccccc1Cl. The Hall–Kier alpha value is -3.17. The van der Waals surface area contributed by atoms with Crippen LogP contribution in [-0.2, 0) is 6.61 Å². The predicted molar refractivity (Wildman–Crippen MR) is 107 cm³/mol. The van der Waals surface area contributed by atoms with Gasteiger partial charge < -0.3 is 14.9 Å². The molecule has 0 atom stereocenters. The van der Waals surface area contributed by atoms with Crippen LogP contribution in [-0.4, -0.2) is 10.2 Å². The maximum absolute atomic E-state index is 10.1. The van der Waals surface area contributed by atoms with Gasteiger partial charge in [0.2, 0.25) is 0 Å². The van der Waals surface area contributed by atoms with E-state index in [1.165, 1.54) is 0 Å². The van der Waals surface area contributed by atoms with Crippen molar-refractivity contribution in [2.75, 3.05) is 0 Å². The molecular weight excluding hydrogens is 360 g/mol. The van der Waals surface area contributed by atoms with Crippen LogP contribution in [0.3, 0.4) is 0 Å². The van der Waals surface area contributed by atoms with E-state index >= 15 is 0 Å². The molecule has 0 amide bonds. The molecule has 0 spiro atoms. The maximum atomic E-state index is 10.1. The first-order valence-electron chi connectivity index (χ1n) is 8.61. The molecular formula is C23H15ClO3. The molecule has 132 valence electrons. The Bertz CT molecular complexity index is 1210. The second-order valence-electron chi connectivity index (χ2n) is 6.64. The van der Waals surface area contributed by atoms with E-state index < -0.39 is 0 Å². The number of phenolic OH excluding ortho intramolecular Hbond substituents is 2. The highest BCUT2D eigenvalue weighted by molar-refractivity contribution is 6.34. The molecule has 0 radical (unpaired) electrons. The summed E-state index contributed by atoms with van der Waals surface area (Å²) in [7, 11) is 0. The summed E-state index contributed by atoms with van der Waals surface area (Å²) in [5, 5.41) is 22.3. The summed E-state index contributed by atoms with van der Waals surface area (Å²) in [4.78, 5) is 0. The van der Waals surface area contributed by atoms with Crippen molar-refractivity contribution < 1.29 is 14.9 Å². The average molecular weight is 375 g/mol. The molecule has 1 heterocycles. The van der Waals surface area contributed by atoms with Crippen molar-refractivity contribution in [1.82, 2.24) is 0 Å². The highest BCUT2D eigenvalue weighted by Gasteiger charge is 2.24. The van der Waals surface area contributed by atoms with E-state index in [-0.39, 0.29) is 11.5 Å². The molecule has 0 aliphatic carbocycles. The van der Waals surface area contributed by atoms with Crippen molar-refractivity contribution in [3.63, 3.8) is 0 Å². The molecule has 0 saturated heterocycles. The molecule has 1 aliphatic rings. The van der Waals surface area contributed by atoms with Gasteiger partial charge in [0.15, 0.2) is 0 Å². The van der Waals surface area contributed by atoms with Crippen LogP contribution in [0, 0.1) is 0 Å². The zero-order valence-corrected chi connectivity index (χ0v) is 15.0. The van der Waals surface area contributed by atoms with Gasteiger partial charge in [0, 0.05) is 27.3 Å². The lowest BCUT2D eigenvalue weighted by atomic mass is 9.88. The Labute approximate surface area is 161 Å². The molecule has 0 aromatic heterocycles. The number of phenols is 2. The van der Waals surface area contributed by atoms with E-state index in [1.54, 1.807) is 24.3 Å². The molecule has 3 nitrogen and oxygen atoms in total. The molecule has 0 fully saturated rings. The summed E-state index contributed by atoms with van der Waals surface area (Å²) < 4.78 is 6.14. The lowest BCUT2D eigenvalue weighted by Gasteiger charge is -2.25. The van der Waals surface area contributed by atoms with E-state index in [4.69, 9.17) is 16.3 Å². The molecule has 2 N–H and O–H groups in total. The Kier molecular flexibility index (Phi) is 3.52. The van der Waals surface area contributed by atoms with Crippen molar-refractivity contribution in [3.8, 4) is 39.5 Å². The lowest BCUT2D eigenvalue weighted by Crippen LogP contribution is -2.07. The van der Waals surface area contributed by atoms with Gasteiger partial charge in [0.05, 0.1) is 0 Å². The Morgan fingerprint density at radius 2 is 1.56 bits per heavy atom. The first-order chi connectivity index (χ1) is 13.1. The Balaban J connectivity index is 1.92. The van der Waals surface area contributed by atoms with Crippen LogP contribution < -0.4 is 4.74 Å². The predicted octanol–water partition coefficient (Wildman–Crippen LogP) is 6.13. The molecule has 4 aromatic carbocycles. The van der Waals surface area contributed by atoms with Crippen LogP contribution >= 0.6 is 11.6 Å². The van der Waals surface area contributed by atoms with Gasteiger partial charge in [-0.25, -0.2) is 0 Å². The van der Waals surface area contributed by atoms with Crippen LogP contribution in [0.15, 0.2) is 66.7 Å². The van der Waals surface area contributed by atoms with Gasteiger partial charge in [0.25, 0.3) is 0 Å². The zero-order valence-electron chi connectivity index (χ0n) is 14.2. The van der Waals surface area contributed by atoms with Crippen LogP contribution in [0.5, 0.6) is 17.2 Å². The van der Waals surface area contributed by atoms with Crippen LogP contribution in [0.1, 0.15) is 5.56 Å². The minimum absolute atomic E-state index is 0.192. The van der Waals surface area contributed by atoms with E-state index in [1.807, 2.05) is 36.4 Å². The third kappa shape index (κ3) is 2.51. The highest BCUT2D eigenvalue weighted by atomic mass is 35.5. The largest absolute Gasteiger partial charge is 0.508 e. The van der Waals surface area contributed by atoms with Crippen molar-refractivity contribution in [1.29, 1.82) is 0 Å². The fourth-order valence-corrected chi connectivity index (χ4v) is 3.99. The molecule has 1 aliphatic heterocycles. The Morgan fingerprint density at radius 3 is 2.41 bits per heavy atom. The van der Waals surface area contributed by atoms with Gasteiger partial charge in [-0.2, -0.15) is 0 Å². The second-order valence-corrected chi connectivity index (χ2v) is 7.05. The van der Waals surface area contributed by atoms with E-state index in [0.717, 1.165) is 44.3 Å². The Morgan fingerprint density at radius 1 is 0.778 bits per heavy atom. The van der Waals surface area contributed by atoms with Crippen molar-refractivity contribution >= 4 is 22.4 Å². The number of benzene rings is 4. The highest BCUT2D eigenvalue weighted by Crippen LogP contribution is 2.49. The molecule has 0 unspecified atom stereocenters. The van der Waals surface area contributed by atoms with Gasteiger partial charge in [0.1, 0.15) is 23.9 Å². The molecule has 5 rings (SSSR count). The number of aromatic hydroxyl groups is 2. The fourth-order valence-electron chi connectivity index (χ4n) is 3.76. The summed E-state index contributed by atoms with van der Waals surface area (Å²) in [6.45, 7) is 0.360. The molecule has 0 bridgehead atoms. The summed E-state index contributed by atoms with van der Waals surface area (Å²) in [5.74, 6) is 1.15. The molecule has 27 heavy (non-hydrogen) atoms. The number of halogens is 1. The van der Waals surface area contributed by atoms with Crippen LogP contribution in [0.25, 0.3) is 33.0 Å². The number of hydrogen-bond acceptors (Lipinski definition) is 3. The van der Waals surface area contributed by atoms with Crippen molar-refractivity contribution in [3.05, 3.63) is 77.3 Å². The fraction of sp³-hybridized carbons (Fsp3) is 0.0435. The van der Waals surface area contributed by atoms with E-state index in [9.17, 15) is 10.2 Å². The maximum Gasteiger partial charge on any atom is 0.136 e. The summed E-state index contributed by atoms with van der Waals surface area (Å²) in [6, 6.07) is 20.3. The molecule has 4 aromatic rings. The first kappa shape index (κ1) is 16.0. The van der Waals surface area contributed by atoms with Gasteiger partial charge in [-0.05, 0) is 52.7 Å². The van der Waals surface area contributed by atoms with E-state index in [0.29, 0.717) is 11.6 Å². The van der Waals surface area contributed by atoms with Crippen LogP contribution in [0.2, 0.25) is 5.02 Å². The van der Waals surface area contributed by atoms with Gasteiger partial charge in [-0.15, -0.1) is 0 Å². The summed E-state index contributed by atoms with van der Waals surface area (Å²) >= 11 is 6.51. The summed E-state index contributed by atoms with van der Waals surface area (Å²) in [5.41, 5.74) is 4.63. The molecule has 0 saturated carbocycles. The monoisotopic (exact) mass is 374 g/mol. The van der Waals surface area contributed by atoms with Crippen molar-refractivity contribution in [2.24, 2.45) is 0 Å². The first-order valence-corrected chi connectivity index (χ1v) is 8.99. The minimum Gasteiger partial charge on any atom is -0.508 e. The smallest absolute Gasteiger partial charge is 0.136 e. The number of fused-ring (bicyclic) bond motifs is 4. The lowest BCUT2D eigenvalue weighted by molar-refractivity contribution is 0.303. The topological polar surface area (TPSA) is 49.7 Å². The summed E-state index contributed by atoms with van der Waals surface area (Å²) in [6.07, 6.45) is 0. The standard InChI is InChI=1S/C23H15ClO3/c24-21-4-2-1-3-18(21)22-19-11-16(26)6-5-13(19)10-20-17-8-7-15(25)9-14(17)12-27-23(20)22/h1-11,25-26H,12H2. The van der Waals surface area contributed by atoms with Crippen molar-refractivity contribution in [2.45, 2.75) is 6.61 Å². The zero-order chi connectivity index (χ0) is 18.5. The quantitative estimate of drug-likeness (QED) is 0.421. The second kappa shape index (κ2) is 5.93. The third-order valence-corrected chi connectivity index (χ3v) is 5.30. The number of rotatable bonds is 1. The van der Waals surface area contributed by atoms with E-state index in [2.05, 4.69) is 6.07 Å². The van der Waals surface area contributed by atoms with Gasteiger partial charge >= 0.3 is 0 Å². The average Bonchev–Trinajstić information content (AvgIpc) is 2.66. The third-order valence-electron chi connectivity index (χ3n) is 4.97. The normalized spacial score (nSPS) is 12.3. The minimum atomic E-state index is 0.192. The molecule has 4 heteroatoms. The van der Waals surface area contributed by atoms with Crippen LogP contribution in [0.4, 0.5) is 0 Å². The van der Waals surface area contributed by atoms with Gasteiger partial charge in [-0.3, -0.25) is 0 Å². The number of ether oxygens (including phenoxy) is 1. The number of hydrogen-bond donors (Lipinski definition) is 2. The van der Waals surface area contributed by atoms with Gasteiger partial charge in [-0.1, -0.05) is 41.9 Å².